The monoisotopic (exact) mass is 266 g/mol. The number of ether oxygens (including phenoxy) is 3. The van der Waals surface area contributed by atoms with Crippen LogP contribution < -0.4 is 14.2 Å². The number of rotatable bonds is 7. The average molecular weight is 266 g/mol. The van der Waals surface area contributed by atoms with Crippen LogP contribution in [0.5, 0.6) is 17.2 Å². The molecule has 0 aliphatic carbocycles. The zero-order valence-electron chi connectivity index (χ0n) is 11.3. The van der Waals surface area contributed by atoms with E-state index in [0.29, 0.717) is 29.2 Å². The van der Waals surface area contributed by atoms with Gasteiger partial charge in [0.05, 0.1) is 27.2 Å². The predicted molar refractivity (Wildman–Crippen MR) is 71.3 cm³/mol. The van der Waals surface area contributed by atoms with Crippen molar-refractivity contribution in [2.24, 2.45) is 0 Å². The molecular formula is C14H18O5. The Bertz CT molecular complexity index is 442. The van der Waals surface area contributed by atoms with Crippen molar-refractivity contribution in [2.75, 3.05) is 21.3 Å². The molecule has 104 valence electrons. The van der Waals surface area contributed by atoms with Gasteiger partial charge in [-0.2, -0.15) is 0 Å². The molecule has 1 N–H and O–H groups in total. The van der Waals surface area contributed by atoms with Crippen LogP contribution in [0.15, 0.2) is 24.8 Å². The minimum absolute atomic E-state index is 0.327. The van der Waals surface area contributed by atoms with E-state index in [9.17, 15) is 9.90 Å². The van der Waals surface area contributed by atoms with E-state index in [0.717, 1.165) is 0 Å². The predicted octanol–water partition coefficient (Wildman–Crippen LogP) is 2.46. The fourth-order valence-electron chi connectivity index (χ4n) is 1.85. The first-order valence-electron chi connectivity index (χ1n) is 5.72. The maximum atomic E-state index is 11.3. The second-order valence-corrected chi connectivity index (χ2v) is 3.87. The summed E-state index contributed by atoms with van der Waals surface area (Å²) in [6, 6.07) is 3.28. The molecule has 0 saturated carbocycles. The second kappa shape index (κ2) is 6.68. The summed E-state index contributed by atoms with van der Waals surface area (Å²) in [5.41, 5.74) is 0.585. The summed E-state index contributed by atoms with van der Waals surface area (Å²) >= 11 is 0. The van der Waals surface area contributed by atoms with Crippen LogP contribution in [-0.2, 0) is 4.79 Å². The number of carboxylic acids is 1. The van der Waals surface area contributed by atoms with Gasteiger partial charge in [-0.25, -0.2) is 0 Å². The van der Waals surface area contributed by atoms with E-state index in [1.165, 1.54) is 21.3 Å². The van der Waals surface area contributed by atoms with Gasteiger partial charge in [-0.05, 0) is 24.1 Å². The molecular weight excluding hydrogens is 248 g/mol. The van der Waals surface area contributed by atoms with E-state index in [2.05, 4.69) is 6.58 Å². The third kappa shape index (κ3) is 3.19. The lowest BCUT2D eigenvalue weighted by Gasteiger charge is -2.17. The Kier molecular flexibility index (Phi) is 5.23. The summed E-state index contributed by atoms with van der Waals surface area (Å²) in [7, 11) is 4.48. The standard InChI is InChI=1S/C14H18O5/c1-5-6-10(14(15)16)9-7-11(17-2)13(19-4)12(8-9)18-3/h5,7-8,10H,1,6H2,2-4H3,(H,15,16). The Labute approximate surface area is 112 Å². The van der Waals surface area contributed by atoms with Crippen molar-refractivity contribution >= 4 is 5.97 Å². The average Bonchev–Trinajstić information content (AvgIpc) is 2.42. The minimum Gasteiger partial charge on any atom is -0.493 e. The molecule has 0 saturated heterocycles. The number of carboxylic acid groups (broad SMARTS) is 1. The molecule has 1 atom stereocenters. The number of methoxy groups -OCH3 is 3. The van der Waals surface area contributed by atoms with Gasteiger partial charge in [0.25, 0.3) is 0 Å². The number of carbonyl (C=O) groups is 1. The van der Waals surface area contributed by atoms with Crippen molar-refractivity contribution in [1.29, 1.82) is 0 Å². The van der Waals surface area contributed by atoms with Gasteiger partial charge in [0.2, 0.25) is 5.75 Å². The van der Waals surface area contributed by atoms with Gasteiger partial charge in [-0.1, -0.05) is 6.08 Å². The topological polar surface area (TPSA) is 65.0 Å². The highest BCUT2D eigenvalue weighted by molar-refractivity contribution is 5.77. The zero-order valence-corrected chi connectivity index (χ0v) is 11.3. The van der Waals surface area contributed by atoms with Crippen molar-refractivity contribution in [2.45, 2.75) is 12.3 Å². The molecule has 0 bridgehead atoms. The van der Waals surface area contributed by atoms with E-state index in [1.54, 1.807) is 18.2 Å². The maximum absolute atomic E-state index is 11.3. The van der Waals surface area contributed by atoms with Crippen molar-refractivity contribution < 1.29 is 24.1 Å². The van der Waals surface area contributed by atoms with Crippen molar-refractivity contribution in [1.82, 2.24) is 0 Å². The molecule has 0 amide bonds. The number of benzene rings is 1. The van der Waals surface area contributed by atoms with E-state index in [-0.39, 0.29) is 0 Å². The minimum atomic E-state index is -0.922. The van der Waals surface area contributed by atoms with Gasteiger partial charge in [-0.15, -0.1) is 6.58 Å². The van der Waals surface area contributed by atoms with Gasteiger partial charge in [0.1, 0.15) is 0 Å². The molecule has 1 unspecified atom stereocenters. The third-order valence-electron chi connectivity index (χ3n) is 2.79. The van der Waals surface area contributed by atoms with Crippen LogP contribution in [0.3, 0.4) is 0 Å². The summed E-state index contributed by atoms with van der Waals surface area (Å²) in [6.45, 7) is 3.58. The van der Waals surface area contributed by atoms with Crippen LogP contribution in [0.4, 0.5) is 0 Å². The SMILES string of the molecule is C=CCC(C(=O)O)c1cc(OC)c(OC)c(OC)c1. The molecule has 0 fully saturated rings. The molecule has 5 nitrogen and oxygen atoms in total. The largest absolute Gasteiger partial charge is 0.493 e. The van der Waals surface area contributed by atoms with Crippen molar-refractivity contribution in [3.8, 4) is 17.2 Å². The molecule has 5 heteroatoms. The lowest BCUT2D eigenvalue weighted by Crippen LogP contribution is -2.11. The first kappa shape index (κ1) is 14.9. The Morgan fingerprint density at radius 2 is 1.79 bits per heavy atom. The molecule has 0 aliphatic rings. The fourth-order valence-corrected chi connectivity index (χ4v) is 1.85. The second-order valence-electron chi connectivity index (χ2n) is 3.87. The summed E-state index contributed by atoms with van der Waals surface area (Å²) in [5, 5.41) is 9.25. The quantitative estimate of drug-likeness (QED) is 0.768. The lowest BCUT2D eigenvalue weighted by molar-refractivity contribution is -0.138. The number of hydrogen-bond acceptors (Lipinski definition) is 4. The summed E-state index contributed by atoms with van der Waals surface area (Å²) in [6.07, 6.45) is 1.90. The van der Waals surface area contributed by atoms with E-state index in [4.69, 9.17) is 14.2 Å². The van der Waals surface area contributed by atoms with Crippen LogP contribution in [0.1, 0.15) is 17.9 Å². The molecule has 0 spiro atoms. The van der Waals surface area contributed by atoms with Crippen LogP contribution in [0, 0.1) is 0 Å². The van der Waals surface area contributed by atoms with Crippen molar-refractivity contribution in [3.05, 3.63) is 30.4 Å². The highest BCUT2D eigenvalue weighted by Crippen LogP contribution is 2.40. The number of hydrogen-bond donors (Lipinski definition) is 1. The Hall–Kier alpha value is -2.17. The molecule has 0 heterocycles. The van der Waals surface area contributed by atoms with Crippen LogP contribution >= 0.6 is 0 Å². The molecule has 19 heavy (non-hydrogen) atoms. The Balaban J connectivity index is 3.35. The van der Waals surface area contributed by atoms with Crippen LogP contribution in [0.2, 0.25) is 0 Å². The number of aliphatic carboxylic acids is 1. The molecule has 1 aromatic carbocycles. The van der Waals surface area contributed by atoms with Gasteiger partial charge in [0.15, 0.2) is 11.5 Å². The number of allylic oxidation sites excluding steroid dienone is 1. The Morgan fingerprint density at radius 1 is 1.26 bits per heavy atom. The summed E-state index contributed by atoms with van der Waals surface area (Å²) < 4.78 is 15.6. The van der Waals surface area contributed by atoms with E-state index in [1.807, 2.05) is 0 Å². The normalized spacial score (nSPS) is 11.5. The van der Waals surface area contributed by atoms with Crippen LogP contribution in [0.25, 0.3) is 0 Å². The maximum Gasteiger partial charge on any atom is 0.311 e. The highest BCUT2D eigenvalue weighted by Gasteiger charge is 2.22. The van der Waals surface area contributed by atoms with Crippen molar-refractivity contribution in [3.63, 3.8) is 0 Å². The first-order chi connectivity index (χ1) is 9.08. The van der Waals surface area contributed by atoms with Gasteiger partial charge in [0, 0.05) is 0 Å². The molecule has 0 radical (unpaired) electrons. The molecule has 1 rings (SSSR count). The first-order valence-corrected chi connectivity index (χ1v) is 5.72. The summed E-state index contributed by atoms with van der Waals surface area (Å²) in [4.78, 5) is 11.3. The highest BCUT2D eigenvalue weighted by atomic mass is 16.5. The van der Waals surface area contributed by atoms with Gasteiger partial charge < -0.3 is 19.3 Å². The molecule has 0 aliphatic heterocycles. The molecule has 0 aromatic heterocycles. The lowest BCUT2D eigenvalue weighted by atomic mass is 9.95. The zero-order chi connectivity index (χ0) is 14.4. The van der Waals surface area contributed by atoms with E-state index >= 15 is 0 Å². The van der Waals surface area contributed by atoms with Gasteiger partial charge >= 0.3 is 5.97 Å². The van der Waals surface area contributed by atoms with E-state index < -0.39 is 11.9 Å². The smallest absolute Gasteiger partial charge is 0.311 e. The Morgan fingerprint density at radius 3 is 2.11 bits per heavy atom. The van der Waals surface area contributed by atoms with Gasteiger partial charge in [-0.3, -0.25) is 4.79 Å². The fraction of sp³-hybridized carbons (Fsp3) is 0.357. The van der Waals surface area contributed by atoms with Crippen LogP contribution in [-0.4, -0.2) is 32.4 Å². The summed E-state index contributed by atoms with van der Waals surface area (Å²) in [5.74, 6) is -0.295. The third-order valence-corrected chi connectivity index (χ3v) is 2.79. The molecule has 1 aromatic rings.